The molecule has 2 aromatic rings. The first-order chi connectivity index (χ1) is 13.8. The molecule has 1 saturated heterocycles. The zero-order chi connectivity index (χ0) is 20.8. The highest BCUT2D eigenvalue weighted by atomic mass is 19.1. The summed E-state index contributed by atoms with van der Waals surface area (Å²) >= 11 is 0. The minimum absolute atomic E-state index is 0.383. The maximum Gasteiger partial charge on any atom is 0.325 e. The Hall–Kier alpha value is -3.82. The number of non-ortho nitro benzene ring substituents is 1. The zero-order valence-corrected chi connectivity index (χ0v) is 15.0. The maximum atomic E-state index is 13.9. The van der Waals surface area contributed by atoms with Crippen LogP contribution in [0.25, 0.3) is 0 Å². The predicted octanol–water partition coefficient (Wildman–Crippen LogP) is 2.07. The average molecular weight is 398 g/mol. The molecule has 29 heavy (non-hydrogen) atoms. The second-order valence-corrected chi connectivity index (χ2v) is 6.85. The molecule has 0 bridgehead atoms. The van der Waals surface area contributed by atoms with E-state index in [1.54, 1.807) is 12.1 Å². The van der Waals surface area contributed by atoms with Gasteiger partial charge in [-0.25, -0.2) is 9.18 Å². The summed E-state index contributed by atoms with van der Waals surface area (Å²) in [6, 6.07) is 9.22. The molecule has 9 nitrogen and oxygen atoms in total. The van der Waals surface area contributed by atoms with Crippen molar-refractivity contribution in [2.24, 2.45) is 0 Å². The van der Waals surface area contributed by atoms with E-state index < -0.39 is 52.0 Å². The van der Waals surface area contributed by atoms with E-state index in [1.807, 2.05) is 12.1 Å². The monoisotopic (exact) mass is 398 g/mol. The number of nitrogens with zero attached hydrogens (tertiary/aromatic N) is 2. The number of nitro benzene ring substituents is 1. The highest BCUT2D eigenvalue weighted by Gasteiger charge is 2.55. The third-order valence-electron chi connectivity index (χ3n) is 5.16. The molecule has 0 radical (unpaired) electrons. The number of hydrogen-bond donors (Lipinski definition) is 2. The fourth-order valence-corrected chi connectivity index (χ4v) is 3.79. The van der Waals surface area contributed by atoms with Crippen LogP contribution in [-0.2, 0) is 21.5 Å². The van der Waals surface area contributed by atoms with Crippen LogP contribution in [0.2, 0.25) is 0 Å². The lowest BCUT2D eigenvalue weighted by Gasteiger charge is -2.22. The minimum atomic E-state index is -1.20. The Morgan fingerprint density at radius 1 is 1.28 bits per heavy atom. The number of benzene rings is 2. The standard InChI is InChI=1S/C19H15FN4O5/c20-14-6-5-12(24(28)29)9-15(14)21-16(25)10-23-17(26)19(22-18(23)27)8-7-11-3-1-2-4-13(11)19/h1-6,9H,7-8,10H2,(H,21,25)(H,22,27)/t19-/m0/s1. The highest BCUT2D eigenvalue weighted by molar-refractivity contribution is 6.11. The van der Waals surface area contributed by atoms with Gasteiger partial charge in [0.25, 0.3) is 11.6 Å². The van der Waals surface area contributed by atoms with Crippen LogP contribution >= 0.6 is 0 Å². The van der Waals surface area contributed by atoms with Crippen molar-refractivity contribution in [3.63, 3.8) is 0 Å². The van der Waals surface area contributed by atoms with Gasteiger partial charge in [-0.3, -0.25) is 24.6 Å². The molecule has 4 amide bonds. The van der Waals surface area contributed by atoms with Gasteiger partial charge in [-0.15, -0.1) is 0 Å². The summed E-state index contributed by atoms with van der Waals surface area (Å²) in [5, 5.41) is 15.7. The normalized spacial score (nSPS) is 20.0. The SMILES string of the molecule is O=C(CN1C(=O)N[C@]2(CCc3ccccc32)C1=O)Nc1cc([N+](=O)[O-])ccc1F. The number of rotatable bonds is 4. The second-order valence-electron chi connectivity index (χ2n) is 6.85. The molecule has 2 aromatic carbocycles. The highest BCUT2D eigenvalue weighted by Crippen LogP contribution is 2.41. The Kier molecular flexibility index (Phi) is 4.26. The van der Waals surface area contributed by atoms with Gasteiger partial charge in [-0.1, -0.05) is 24.3 Å². The summed E-state index contributed by atoms with van der Waals surface area (Å²) < 4.78 is 13.9. The molecule has 1 heterocycles. The Bertz CT molecular complexity index is 1070. The van der Waals surface area contributed by atoms with Gasteiger partial charge in [-0.05, 0) is 30.0 Å². The molecule has 0 unspecified atom stereocenters. The Morgan fingerprint density at radius 3 is 2.79 bits per heavy atom. The van der Waals surface area contributed by atoms with E-state index in [1.165, 1.54) is 0 Å². The van der Waals surface area contributed by atoms with E-state index >= 15 is 0 Å². The zero-order valence-electron chi connectivity index (χ0n) is 15.0. The molecule has 2 aliphatic rings. The number of urea groups is 1. The van der Waals surface area contributed by atoms with E-state index in [-0.39, 0.29) is 0 Å². The predicted molar refractivity (Wildman–Crippen MR) is 98.4 cm³/mol. The van der Waals surface area contributed by atoms with Crippen molar-refractivity contribution in [2.75, 3.05) is 11.9 Å². The van der Waals surface area contributed by atoms with Crippen molar-refractivity contribution in [3.8, 4) is 0 Å². The van der Waals surface area contributed by atoms with Crippen molar-refractivity contribution in [1.82, 2.24) is 10.2 Å². The summed E-state index contributed by atoms with van der Waals surface area (Å²) in [6.07, 6.45) is 0.996. The smallest absolute Gasteiger partial charge is 0.322 e. The van der Waals surface area contributed by atoms with Crippen LogP contribution in [0.3, 0.4) is 0 Å². The lowest BCUT2D eigenvalue weighted by molar-refractivity contribution is -0.384. The van der Waals surface area contributed by atoms with Crippen LogP contribution in [-0.4, -0.2) is 34.2 Å². The number of carbonyl (C=O) groups excluding carboxylic acids is 3. The van der Waals surface area contributed by atoms with Crippen molar-refractivity contribution in [3.05, 3.63) is 69.5 Å². The fourth-order valence-electron chi connectivity index (χ4n) is 3.79. The molecular formula is C19H15FN4O5. The number of carbonyl (C=O) groups is 3. The lowest BCUT2D eigenvalue weighted by Crippen LogP contribution is -2.43. The van der Waals surface area contributed by atoms with E-state index in [0.717, 1.165) is 28.7 Å². The average Bonchev–Trinajstić information content (AvgIpc) is 3.17. The fraction of sp³-hybridized carbons (Fsp3) is 0.211. The van der Waals surface area contributed by atoms with Crippen LogP contribution < -0.4 is 10.6 Å². The summed E-state index contributed by atoms with van der Waals surface area (Å²) in [7, 11) is 0. The molecule has 2 N–H and O–H groups in total. The number of aryl methyl sites for hydroxylation is 1. The van der Waals surface area contributed by atoms with E-state index in [0.29, 0.717) is 18.4 Å². The Balaban J connectivity index is 1.53. The van der Waals surface area contributed by atoms with Crippen molar-refractivity contribution in [2.45, 2.75) is 18.4 Å². The van der Waals surface area contributed by atoms with Gasteiger partial charge in [0.1, 0.15) is 17.9 Å². The molecular weight excluding hydrogens is 383 g/mol. The number of hydrogen-bond acceptors (Lipinski definition) is 5. The third-order valence-corrected chi connectivity index (χ3v) is 5.16. The largest absolute Gasteiger partial charge is 0.325 e. The third kappa shape index (κ3) is 2.98. The van der Waals surface area contributed by atoms with Crippen LogP contribution in [0.1, 0.15) is 17.5 Å². The summed E-state index contributed by atoms with van der Waals surface area (Å²) in [6.45, 7) is -0.642. The molecule has 1 spiro atoms. The quantitative estimate of drug-likeness (QED) is 0.464. The van der Waals surface area contributed by atoms with E-state index in [9.17, 15) is 28.9 Å². The maximum absolute atomic E-state index is 13.9. The summed E-state index contributed by atoms with van der Waals surface area (Å²) in [5.41, 5.74) is -0.363. The molecule has 1 atom stereocenters. The molecule has 1 aliphatic carbocycles. The van der Waals surface area contributed by atoms with Crippen LogP contribution in [0.15, 0.2) is 42.5 Å². The van der Waals surface area contributed by atoms with Crippen LogP contribution in [0, 0.1) is 15.9 Å². The Morgan fingerprint density at radius 2 is 2.03 bits per heavy atom. The molecule has 1 aliphatic heterocycles. The van der Waals surface area contributed by atoms with Gasteiger partial charge in [-0.2, -0.15) is 0 Å². The van der Waals surface area contributed by atoms with Gasteiger partial charge in [0, 0.05) is 12.1 Å². The molecule has 0 aromatic heterocycles. The number of amides is 4. The van der Waals surface area contributed by atoms with Gasteiger partial charge < -0.3 is 10.6 Å². The molecule has 4 rings (SSSR count). The first-order valence-electron chi connectivity index (χ1n) is 8.78. The molecule has 0 saturated carbocycles. The van der Waals surface area contributed by atoms with Gasteiger partial charge >= 0.3 is 6.03 Å². The number of halogens is 1. The molecule has 148 valence electrons. The van der Waals surface area contributed by atoms with Gasteiger partial charge in [0.05, 0.1) is 10.6 Å². The van der Waals surface area contributed by atoms with Crippen LogP contribution in [0.4, 0.5) is 20.6 Å². The van der Waals surface area contributed by atoms with Gasteiger partial charge in [0.2, 0.25) is 5.91 Å². The van der Waals surface area contributed by atoms with Crippen molar-refractivity contribution in [1.29, 1.82) is 0 Å². The Labute approximate surface area is 163 Å². The number of fused-ring (bicyclic) bond motifs is 2. The first kappa shape index (κ1) is 18.5. The number of anilines is 1. The minimum Gasteiger partial charge on any atom is -0.322 e. The number of nitrogens with one attached hydrogen (secondary N) is 2. The van der Waals surface area contributed by atoms with E-state index in [2.05, 4.69) is 10.6 Å². The summed E-state index contributed by atoms with van der Waals surface area (Å²) in [5.74, 6) is -2.28. The molecule has 1 fully saturated rings. The first-order valence-corrected chi connectivity index (χ1v) is 8.78. The van der Waals surface area contributed by atoms with Gasteiger partial charge in [0.15, 0.2) is 0 Å². The summed E-state index contributed by atoms with van der Waals surface area (Å²) in [4.78, 5) is 48.6. The molecule has 10 heteroatoms. The van der Waals surface area contributed by atoms with Crippen LogP contribution in [0.5, 0.6) is 0 Å². The lowest BCUT2D eigenvalue weighted by atomic mass is 9.92. The topological polar surface area (TPSA) is 122 Å². The van der Waals surface area contributed by atoms with Crippen molar-refractivity contribution < 1.29 is 23.7 Å². The number of nitro groups is 1. The van der Waals surface area contributed by atoms with E-state index in [4.69, 9.17) is 0 Å². The second kappa shape index (κ2) is 6.66. The van der Waals surface area contributed by atoms with Crippen molar-refractivity contribution >= 4 is 29.2 Å². The number of imide groups is 1.